The first-order valence-corrected chi connectivity index (χ1v) is 14.9. The van der Waals surface area contributed by atoms with E-state index in [2.05, 4.69) is 21.2 Å². The molecule has 4 rings (SSSR count). The number of esters is 1. The molecular formula is C34H40N4O8. The number of hydrazone groups is 1. The zero-order chi connectivity index (χ0) is 33.1. The van der Waals surface area contributed by atoms with Gasteiger partial charge in [-0.15, -0.1) is 0 Å². The maximum absolute atomic E-state index is 12.5. The van der Waals surface area contributed by atoms with Crippen LogP contribution in [0.3, 0.4) is 0 Å². The van der Waals surface area contributed by atoms with Crippen LogP contribution in [0.25, 0.3) is 0 Å². The van der Waals surface area contributed by atoms with E-state index in [-0.39, 0.29) is 12.2 Å². The molecular weight excluding hydrogens is 592 g/mol. The first kappa shape index (κ1) is 33.7. The number of hydrogen-bond acceptors (Lipinski definition) is 10. The summed E-state index contributed by atoms with van der Waals surface area (Å²) in [6, 6.07) is 17.4. The number of carbonyl (C=O) groups excluding carboxylic acids is 2. The second kappa shape index (κ2) is 16.2. The van der Waals surface area contributed by atoms with Gasteiger partial charge in [0.2, 0.25) is 0 Å². The van der Waals surface area contributed by atoms with Crippen LogP contribution in [0.1, 0.15) is 49.1 Å². The van der Waals surface area contributed by atoms with Gasteiger partial charge in [0.1, 0.15) is 13.2 Å². The Balaban J connectivity index is 1.37. The normalized spacial score (nSPS) is 15.1. The van der Waals surface area contributed by atoms with Gasteiger partial charge in [0.05, 0.1) is 38.2 Å². The second-order valence-corrected chi connectivity index (χ2v) is 10.3. The minimum atomic E-state index is -1.14. The summed E-state index contributed by atoms with van der Waals surface area (Å²) >= 11 is 0. The number of methoxy groups -OCH3 is 1. The molecule has 4 N–H and O–H groups in total. The number of amides is 2. The number of urea groups is 1. The Bertz CT molecular complexity index is 1570. The van der Waals surface area contributed by atoms with Crippen molar-refractivity contribution in [3.05, 3.63) is 94.2 Å². The van der Waals surface area contributed by atoms with Crippen molar-refractivity contribution >= 4 is 18.2 Å². The lowest BCUT2D eigenvalue weighted by Crippen LogP contribution is -2.45. The largest absolute Gasteiger partial charge is 0.490 e. The van der Waals surface area contributed by atoms with Crippen molar-refractivity contribution in [3.63, 3.8) is 0 Å². The number of ether oxygens (including phenoxy) is 5. The average Bonchev–Trinajstić information content (AvgIpc) is 3.04. The Labute approximate surface area is 268 Å². The molecule has 1 heterocycles. The number of rotatable bonds is 15. The van der Waals surface area contributed by atoms with Crippen LogP contribution in [0.15, 0.2) is 77.0 Å². The molecule has 244 valence electrons. The molecule has 0 radical (unpaired) electrons. The third-order valence-corrected chi connectivity index (χ3v) is 6.89. The van der Waals surface area contributed by atoms with Crippen molar-refractivity contribution in [1.82, 2.24) is 16.1 Å². The number of nitrogens with zero attached hydrogens (tertiary/aromatic N) is 1. The lowest BCUT2D eigenvalue weighted by atomic mass is 9.95. The average molecular weight is 633 g/mol. The van der Waals surface area contributed by atoms with E-state index in [0.29, 0.717) is 54.1 Å². The summed E-state index contributed by atoms with van der Waals surface area (Å²) in [5.74, 6) is 1.37. The smallest absolute Gasteiger partial charge is 0.337 e. The minimum Gasteiger partial charge on any atom is -0.490 e. The number of allylic oxidation sites excluding steroid dienone is 1. The fourth-order valence-electron chi connectivity index (χ4n) is 4.66. The van der Waals surface area contributed by atoms with Gasteiger partial charge in [-0.3, -0.25) is 5.43 Å². The van der Waals surface area contributed by atoms with Crippen LogP contribution in [-0.2, 0) is 16.1 Å². The van der Waals surface area contributed by atoms with Crippen LogP contribution in [0.5, 0.6) is 23.0 Å². The summed E-state index contributed by atoms with van der Waals surface area (Å²) in [7, 11) is 1.28. The fraction of sp³-hybridized carbons (Fsp3) is 0.324. The maximum Gasteiger partial charge on any atom is 0.337 e. The van der Waals surface area contributed by atoms with Gasteiger partial charge in [0.15, 0.2) is 29.2 Å². The van der Waals surface area contributed by atoms with Crippen LogP contribution in [0.4, 0.5) is 4.79 Å². The van der Waals surface area contributed by atoms with E-state index in [0.717, 1.165) is 11.1 Å². The molecule has 0 bridgehead atoms. The van der Waals surface area contributed by atoms with E-state index in [1.807, 2.05) is 63.2 Å². The van der Waals surface area contributed by atoms with Gasteiger partial charge in [0, 0.05) is 5.70 Å². The van der Waals surface area contributed by atoms with Gasteiger partial charge in [-0.1, -0.05) is 35.9 Å². The molecule has 3 aromatic rings. The number of aliphatic hydroxyl groups excluding tert-OH is 1. The number of carbonyl (C=O) groups is 2. The molecule has 0 saturated carbocycles. The Morgan fingerprint density at radius 1 is 0.935 bits per heavy atom. The Morgan fingerprint density at radius 2 is 1.61 bits per heavy atom. The van der Waals surface area contributed by atoms with E-state index in [9.17, 15) is 14.7 Å². The number of aliphatic hydroxyl groups is 1. The predicted molar refractivity (Wildman–Crippen MR) is 172 cm³/mol. The molecule has 2 atom stereocenters. The molecule has 0 saturated heterocycles. The van der Waals surface area contributed by atoms with E-state index in [1.165, 1.54) is 12.7 Å². The molecule has 3 aromatic carbocycles. The van der Waals surface area contributed by atoms with Crippen LogP contribution < -0.4 is 35.0 Å². The van der Waals surface area contributed by atoms with Crippen molar-refractivity contribution < 1.29 is 38.4 Å². The summed E-state index contributed by atoms with van der Waals surface area (Å²) in [6.45, 7) is 8.45. The standard InChI is InChI=1S/C34H40N4O8/c1-6-43-28-16-24(12-14-26(28)45-19-23-10-8-21(3)9-11-23)18-35-38-30(39)20-46-27-15-13-25(17-29(27)44-7-2)32-31(33(40)42-5)22(4)36-34(41)37-32/h8-18,30,32,38-39H,6-7,19-20H2,1-5H3,(H2,36,37,41)/b35-18-/t30-,32+/m0/s1. The third kappa shape index (κ3) is 8.91. The highest BCUT2D eigenvalue weighted by Gasteiger charge is 2.32. The van der Waals surface area contributed by atoms with E-state index in [1.54, 1.807) is 31.3 Å². The minimum absolute atomic E-state index is 0.150. The van der Waals surface area contributed by atoms with Gasteiger partial charge in [0.25, 0.3) is 0 Å². The molecule has 1 aliphatic heterocycles. The Morgan fingerprint density at radius 3 is 2.30 bits per heavy atom. The lowest BCUT2D eigenvalue weighted by molar-refractivity contribution is -0.136. The van der Waals surface area contributed by atoms with E-state index < -0.39 is 24.3 Å². The van der Waals surface area contributed by atoms with Crippen LogP contribution in [0.2, 0.25) is 0 Å². The van der Waals surface area contributed by atoms with Gasteiger partial charge in [-0.2, -0.15) is 5.10 Å². The highest BCUT2D eigenvalue weighted by molar-refractivity contribution is 5.95. The summed E-state index contributed by atoms with van der Waals surface area (Å²) in [5, 5.41) is 20.0. The second-order valence-electron chi connectivity index (χ2n) is 10.3. The highest BCUT2D eigenvalue weighted by Crippen LogP contribution is 2.35. The van der Waals surface area contributed by atoms with Crippen molar-refractivity contribution in [2.45, 2.75) is 46.6 Å². The molecule has 12 nitrogen and oxygen atoms in total. The topological polar surface area (TPSA) is 149 Å². The van der Waals surface area contributed by atoms with Crippen molar-refractivity contribution in [2.75, 3.05) is 26.9 Å². The molecule has 0 fully saturated rings. The predicted octanol–water partition coefficient (Wildman–Crippen LogP) is 4.49. The van der Waals surface area contributed by atoms with Gasteiger partial charge in [-0.05, 0) is 74.7 Å². The third-order valence-electron chi connectivity index (χ3n) is 6.89. The van der Waals surface area contributed by atoms with Gasteiger partial charge >= 0.3 is 12.0 Å². The molecule has 0 unspecified atom stereocenters. The van der Waals surface area contributed by atoms with Crippen molar-refractivity contribution in [3.8, 4) is 23.0 Å². The Hall–Kier alpha value is -5.23. The van der Waals surface area contributed by atoms with Gasteiger partial charge in [-0.25, -0.2) is 9.59 Å². The fourth-order valence-corrected chi connectivity index (χ4v) is 4.66. The zero-order valence-electron chi connectivity index (χ0n) is 26.6. The van der Waals surface area contributed by atoms with Crippen molar-refractivity contribution in [1.29, 1.82) is 0 Å². The Kier molecular flexibility index (Phi) is 11.8. The number of aryl methyl sites for hydroxylation is 1. The quantitative estimate of drug-likeness (QED) is 0.0823. The number of benzene rings is 3. The van der Waals surface area contributed by atoms with Crippen LogP contribution in [0, 0.1) is 6.92 Å². The molecule has 12 heteroatoms. The summed E-state index contributed by atoms with van der Waals surface area (Å²) in [4.78, 5) is 24.6. The monoisotopic (exact) mass is 632 g/mol. The highest BCUT2D eigenvalue weighted by atomic mass is 16.5. The first-order valence-electron chi connectivity index (χ1n) is 14.9. The molecule has 0 spiro atoms. The summed E-state index contributed by atoms with van der Waals surface area (Å²) in [5.41, 5.74) is 6.88. The van der Waals surface area contributed by atoms with Gasteiger partial charge < -0.3 is 39.4 Å². The van der Waals surface area contributed by atoms with Crippen LogP contribution >= 0.6 is 0 Å². The van der Waals surface area contributed by atoms with Crippen molar-refractivity contribution in [2.24, 2.45) is 5.10 Å². The summed E-state index contributed by atoms with van der Waals surface area (Å²) in [6.07, 6.45) is 0.409. The summed E-state index contributed by atoms with van der Waals surface area (Å²) < 4.78 is 28.3. The van der Waals surface area contributed by atoms with E-state index >= 15 is 0 Å². The maximum atomic E-state index is 12.5. The molecule has 0 aromatic heterocycles. The molecule has 46 heavy (non-hydrogen) atoms. The van der Waals surface area contributed by atoms with Crippen LogP contribution in [-0.4, -0.2) is 56.5 Å². The molecule has 0 aliphatic carbocycles. The number of nitrogens with one attached hydrogen (secondary N) is 3. The zero-order valence-corrected chi connectivity index (χ0v) is 26.6. The van der Waals surface area contributed by atoms with E-state index in [4.69, 9.17) is 23.7 Å². The SMILES string of the molecule is CCOc1cc(/C=N\N[C@@H](O)COc2ccc([C@H]3NC(=O)NC(C)=C3C(=O)OC)cc2OCC)ccc1OCc1ccc(C)cc1. The lowest BCUT2D eigenvalue weighted by Gasteiger charge is -2.28. The number of hydrogen-bond donors (Lipinski definition) is 4. The molecule has 2 amide bonds. The molecule has 1 aliphatic rings. The first-order chi connectivity index (χ1) is 22.2.